The van der Waals surface area contributed by atoms with Crippen molar-refractivity contribution in [3.63, 3.8) is 0 Å². The number of piperidine rings is 1. The van der Waals surface area contributed by atoms with E-state index in [0.29, 0.717) is 30.6 Å². The summed E-state index contributed by atoms with van der Waals surface area (Å²) in [5.74, 6) is 2.14. The number of amides is 1. The largest absolute Gasteiger partial charge is 0.369 e. The van der Waals surface area contributed by atoms with E-state index >= 15 is 0 Å². The van der Waals surface area contributed by atoms with Crippen LogP contribution in [0.15, 0.2) is 47.5 Å². The summed E-state index contributed by atoms with van der Waals surface area (Å²) in [5, 5.41) is 3.31. The van der Waals surface area contributed by atoms with Gasteiger partial charge in [-0.05, 0) is 75.9 Å². The highest BCUT2D eigenvalue weighted by Gasteiger charge is 2.46. The third kappa shape index (κ3) is 6.68. The van der Waals surface area contributed by atoms with Gasteiger partial charge in [-0.2, -0.15) is 4.98 Å². The molecule has 3 aromatic heterocycles. The molecule has 2 saturated heterocycles. The number of fused-ring (bicyclic) bond motifs is 2. The van der Waals surface area contributed by atoms with E-state index in [1.165, 1.54) is 12.8 Å². The average Bonchev–Trinajstić information content (AvgIpc) is 3.91. The Balaban J connectivity index is 0.891. The molecule has 290 valence electrons. The zero-order chi connectivity index (χ0) is 38.4. The van der Waals surface area contributed by atoms with E-state index in [1.54, 1.807) is 21.1 Å². The first-order valence-electron chi connectivity index (χ1n) is 19.8. The van der Waals surface area contributed by atoms with Crippen LogP contribution in [0.25, 0.3) is 11.0 Å². The summed E-state index contributed by atoms with van der Waals surface area (Å²) in [5.41, 5.74) is 4.73. The van der Waals surface area contributed by atoms with Crippen molar-refractivity contribution in [2.24, 2.45) is 12.5 Å². The molecule has 4 aliphatic rings. The Hall–Kier alpha value is -5.11. The Morgan fingerprint density at radius 1 is 1.05 bits per heavy atom. The third-order valence-electron chi connectivity index (χ3n) is 12.7. The second kappa shape index (κ2) is 14.9. The molecule has 3 aliphatic heterocycles. The first-order valence-corrected chi connectivity index (χ1v) is 19.8. The predicted octanol–water partition coefficient (Wildman–Crippen LogP) is 4.41. The number of imidazole rings is 1. The molecule has 1 spiro atoms. The SMILES string of the molecule is CC(c1ccc(Nc2ncc3c(n2)N(C2CCCC2)C(C(=O)N(C)C)C3)nc1)N1CCC2(CC1)CN(c1cccc3c1n(C)c(=O)n3C(C=O)CCC=O)C2. The normalized spacial score (nSPS) is 20.7. The summed E-state index contributed by atoms with van der Waals surface area (Å²) >= 11 is 0. The maximum atomic E-state index is 13.3. The number of hydrogen-bond donors (Lipinski definition) is 1. The van der Waals surface area contributed by atoms with E-state index < -0.39 is 6.04 Å². The summed E-state index contributed by atoms with van der Waals surface area (Å²) in [4.78, 5) is 72.6. The number of carbonyl (C=O) groups is 3. The standard InChI is InChI=1S/C41H52N10O4/c1-27(28-14-15-35(42-22-28)44-39-43-23-29-21-34(38(54)46(2)3)50(37(29)45-39)30-9-5-6-10-30)48-18-16-41(17-19-48)25-49(26-41)32-12-7-13-33-36(32)47(4)40(55)51(33)31(24-53)11-8-20-52/h7,12-15,20,22-24,27,30-31,34H,5-6,8-11,16-19,21,25-26H2,1-4H3,(H,42,43,44,45). The molecular formula is C41H52N10O4. The molecule has 4 aromatic rings. The van der Waals surface area contributed by atoms with Gasteiger partial charge in [-0.1, -0.05) is 25.0 Å². The Bertz CT molecular complexity index is 2120. The van der Waals surface area contributed by atoms with E-state index in [1.807, 2.05) is 44.7 Å². The molecule has 0 radical (unpaired) electrons. The second-order valence-electron chi connectivity index (χ2n) is 16.3. The van der Waals surface area contributed by atoms with Crippen molar-refractivity contribution in [3.8, 4) is 0 Å². The number of para-hydroxylation sites is 1. The van der Waals surface area contributed by atoms with Gasteiger partial charge in [-0.15, -0.1) is 0 Å². The number of carbonyl (C=O) groups excluding carboxylic acids is 3. The van der Waals surface area contributed by atoms with E-state index in [-0.39, 0.29) is 35.5 Å². The summed E-state index contributed by atoms with van der Waals surface area (Å²) < 4.78 is 3.18. The van der Waals surface area contributed by atoms with Crippen LogP contribution in [0, 0.1) is 5.41 Å². The summed E-state index contributed by atoms with van der Waals surface area (Å²) in [6.07, 6.45) is 13.2. The Morgan fingerprint density at radius 2 is 1.82 bits per heavy atom. The molecule has 55 heavy (non-hydrogen) atoms. The Labute approximate surface area is 321 Å². The fraction of sp³-hybridized carbons (Fsp3) is 0.537. The first kappa shape index (κ1) is 36.8. The molecule has 14 heteroatoms. The number of pyridine rings is 1. The van der Waals surface area contributed by atoms with Crippen molar-refractivity contribution >= 4 is 52.8 Å². The van der Waals surface area contributed by atoms with Gasteiger partial charge in [0.05, 0.1) is 22.8 Å². The van der Waals surface area contributed by atoms with Crippen molar-refractivity contribution in [3.05, 3.63) is 64.3 Å². The number of likely N-dealkylation sites (tertiary alicyclic amines) is 1. The molecule has 3 atom stereocenters. The number of nitrogens with zero attached hydrogens (tertiary/aromatic N) is 9. The number of hydrogen-bond acceptors (Lipinski definition) is 11. The van der Waals surface area contributed by atoms with Gasteiger partial charge in [0, 0.05) is 82.5 Å². The van der Waals surface area contributed by atoms with Gasteiger partial charge < -0.3 is 29.6 Å². The summed E-state index contributed by atoms with van der Waals surface area (Å²) in [7, 11) is 5.40. The van der Waals surface area contributed by atoms with E-state index in [2.05, 4.69) is 44.1 Å². The van der Waals surface area contributed by atoms with Gasteiger partial charge in [0.1, 0.15) is 30.2 Å². The number of anilines is 4. The van der Waals surface area contributed by atoms with Crippen LogP contribution in [0.5, 0.6) is 0 Å². The Kier molecular flexibility index (Phi) is 9.95. The molecule has 3 fully saturated rings. The highest BCUT2D eigenvalue weighted by Crippen LogP contribution is 2.45. The number of aryl methyl sites for hydroxylation is 1. The quantitative estimate of drug-likeness (QED) is 0.206. The monoisotopic (exact) mass is 748 g/mol. The molecular weight excluding hydrogens is 697 g/mol. The Morgan fingerprint density at radius 3 is 2.49 bits per heavy atom. The number of benzene rings is 1. The third-order valence-corrected chi connectivity index (χ3v) is 12.7. The maximum Gasteiger partial charge on any atom is 0.329 e. The fourth-order valence-electron chi connectivity index (χ4n) is 9.57. The fourth-order valence-corrected chi connectivity index (χ4v) is 9.57. The molecule has 6 heterocycles. The van der Waals surface area contributed by atoms with Crippen LogP contribution >= 0.6 is 0 Å². The van der Waals surface area contributed by atoms with Crippen LogP contribution in [0.2, 0.25) is 0 Å². The molecule has 14 nitrogen and oxygen atoms in total. The van der Waals surface area contributed by atoms with Gasteiger partial charge in [0.15, 0.2) is 0 Å². The lowest BCUT2D eigenvalue weighted by molar-refractivity contribution is -0.130. The second-order valence-corrected chi connectivity index (χ2v) is 16.3. The number of rotatable bonds is 12. The zero-order valence-corrected chi connectivity index (χ0v) is 32.4. The molecule has 8 rings (SSSR count). The highest BCUT2D eigenvalue weighted by molar-refractivity contribution is 5.91. The smallest absolute Gasteiger partial charge is 0.329 e. The van der Waals surface area contributed by atoms with Crippen LogP contribution in [0.4, 0.5) is 23.3 Å². The van der Waals surface area contributed by atoms with E-state index in [4.69, 9.17) is 9.97 Å². The number of aldehydes is 2. The van der Waals surface area contributed by atoms with Crippen LogP contribution in [-0.2, 0) is 27.9 Å². The highest BCUT2D eigenvalue weighted by atomic mass is 16.2. The van der Waals surface area contributed by atoms with E-state index in [0.717, 1.165) is 98.1 Å². The van der Waals surface area contributed by atoms with Crippen molar-refractivity contribution in [2.75, 3.05) is 55.4 Å². The zero-order valence-electron chi connectivity index (χ0n) is 32.4. The molecule has 0 bridgehead atoms. The number of aromatic nitrogens is 5. The van der Waals surface area contributed by atoms with Gasteiger partial charge in [-0.3, -0.25) is 18.8 Å². The van der Waals surface area contributed by atoms with Crippen molar-refractivity contribution in [1.82, 2.24) is 33.9 Å². The lowest BCUT2D eigenvalue weighted by atomic mass is 9.71. The number of likely N-dealkylation sites (N-methyl/N-ethyl adjacent to an activating group) is 1. The van der Waals surface area contributed by atoms with Crippen LogP contribution in [0.3, 0.4) is 0 Å². The van der Waals surface area contributed by atoms with Crippen LogP contribution < -0.4 is 20.8 Å². The molecule has 1 aliphatic carbocycles. The molecule has 1 aromatic carbocycles. The minimum absolute atomic E-state index is 0.109. The molecule has 3 unspecified atom stereocenters. The number of nitrogens with one attached hydrogen (secondary N) is 1. The minimum atomic E-state index is -0.671. The average molecular weight is 749 g/mol. The van der Waals surface area contributed by atoms with Crippen molar-refractivity contribution in [1.29, 1.82) is 0 Å². The molecule has 1 N–H and O–H groups in total. The van der Waals surface area contributed by atoms with Crippen LogP contribution in [0.1, 0.15) is 81.5 Å². The van der Waals surface area contributed by atoms with Crippen LogP contribution in [-0.4, -0.2) is 105 Å². The molecule has 1 amide bonds. The van der Waals surface area contributed by atoms with Gasteiger partial charge in [-0.25, -0.2) is 14.8 Å². The molecule has 1 saturated carbocycles. The minimum Gasteiger partial charge on any atom is -0.369 e. The van der Waals surface area contributed by atoms with Gasteiger partial charge in [0.2, 0.25) is 11.9 Å². The predicted molar refractivity (Wildman–Crippen MR) is 212 cm³/mol. The topological polar surface area (TPSA) is 142 Å². The van der Waals surface area contributed by atoms with Gasteiger partial charge in [0.25, 0.3) is 0 Å². The first-order chi connectivity index (χ1) is 26.6. The summed E-state index contributed by atoms with van der Waals surface area (Å²) in [6, 6.07) is 9.65. The lowest BCUT2D eigenvalue weighted by Gasteiger charge is -2.55. The lowest BCUT2D eigenvalue weighted by Crippen LogP contribution is -2.60. The van der Waals surface area contributed by atoms with E-state index in [9.17, 15) is 19.2 Å². The summed E-state index contributed by atoms with van der Waals surface area (Å²) in [6.45, 7) is 6.07. The van der Waals surface area contributed by atoms with Crippen molar-refractivity contribution in [2.45, 2.75) is 88.9 Å². The van der Waals surface area contributed by atoms with Crippen molar-refractivity contribution < 1.29 is 14.4 Å². The maximum absolute atomic E-state index is 13.3. The van der Waals surface area contributed by atoms with Gasteiger partial charge >= 0.3 is 5.69 Å².